The van der Waals surface area contributed by atoms with Crippen molar-refractivity contribution >= 4 is 38.2 Å². The van der Waals surface area contributed by atoms with E-state index in [0.717, 1.165) is 12.3 Å². The monoisotopic (exact) mass is 372 g/mol. The summed E-state index contributed by atoms with van der Waals surface area (Å²) in [6.45, 7) is 0. The van der Waals surface area contributed by atoms with Crippen LogP contribution < -0.4 is 5.43 Å². The summed E-state index contributed by atoms with van der Waals surface area (Å²) < 4.78 is 37.4. The van der Waals surface area contributed by atoms with Crippen molar-refractivity contribution in [2.24, 2.45) is 5.10 Å². The van der Waals surface area contributed by atoms with Gasteiger partial charge >= 0.3 is 0 Å². The predicted molar refractivity (Wildman–Crippen MR) is 73.7 cm³/mol. The number of aromatic nitrogens is 1. The fourth-order valence-corrected chi connectivity index (χ4v) is 2.09. The molecule has 0 unspecified atom stereocenters. The van der Waals surface area contributed by atoms with Crippen LogP contribution >= 0.6 is 15.9 Å². The van der Waals surface area contributed by atoms with Gasteiger partial charge in [0, 0.05) is 16.9 Å². The van der Waals surface area contributed by atoms with E-state index in [4.69, 9.17) is 4.42 Å². The molecule has 2 aromatic rings. The van der Waals surface area contributed by atoms with E-state index in [-0.39, 0.29) is 11.3 Å². The maximum Gasteiger partial charge on any atom is 0.272 e. The lowest BCUT2D eigenvalue weighted by Crippen LogP contribution is -2.17. The summed E-state index contributed by atoms with van der Waals surface area (Å²) >= 11 is 3.17. The minimum atomic E-state index is -4.65. The lowest BCUT2D eigenvalue weighted by molar-refractivity contribution is 0.0954. The van der Waals surface area contributed by atoms with Gasteiger partial charge in [-0.1, -0.05) is 0 Å². The van der Waals surface area contributed by atoms with Gasteiger partial charge in [-0.2, -0.15) is 5.10 Å². The van der Waals surface area contributed by atoms with Gasteiger partial charge in [-0.05, 0) is 34.1 Å². The number of nitrogens with zero attached hydrogens (tertiary/aromatic N) is 2. The van der Waals surface area contributed by atoms with E-state index in [0.29, 0.717) is 4.47 Å². The van der Waals surface area contributed by atoms with Gasteiger partial charge in [0.25, 0.3) is 5.91 Å². The Balaban J connectivity index is 2.03. The number of furan rings is 1. The van der Waals surface area contributed by atoms with Gasteiger partial charge < -0.3 is 8.97 Å². The molecule has 1 amide bonds. The minimum absolute atomic E-state index is 0.0112. The molecule has 8 nitrogen and oxygen atoms in total. The number of nitrogens with one attached hydrogen (secondary N) is 1. The molecule has 0 saturated heterocycles. The number of rotatable bonds is 4. The zero-order valence-corrected chi connectivity index (χ0v) is 12.6. The first kappa shape index (κ1) is 15.4. The Morgan fingerprint density at radius 3 is 2.81 bits per heavy atom. The number of amides is 1. The van der Waals surface area contributed by atoms with Crippen LogP contribution in [0.4, 0.5) is 0 Å². The third kappa shape index (κ3) is 4.21. The smallest absolute Gasteiger partial charge is 0.272 e. The standard InChI is InChI=1S/C11H8BrN3O5S/c12-8-3-7(4-13-5-8)11(16)15-14-6-9-1-2-10(20-9)21(17,18)19/h1-6H,(H,15,16)(H,17,18,19)/p-1/b14-6-. The van der Waals surface area contributed by atoms with Gasteiger partial charge in [0.2, 0.25) is 5.09 Å². The normalized spacial score (nSPS) is 11.7. The molecular formula is C11H7BrN3O5S-. The Morgan fingerprint density at radius 1 is 1.43 bits per heavy atom. The van der Waals surface area contributed by atoms with Gasteiger partial charge in [-0.3, -0.25) is 9.78 Å². The van der Waals surface area contributed by atoms with E-state index in [1.165, 1.54) is 18.5 Å². The van der Waals surface area contributed by atoms with Crippen LogP contribution in [0.5, 0.6) is 0 Å². The molecule has 0 saturated carbocycles. The van der Waals surface area contributed by atoms with Gasteiger partial charge in [0.05, 0.1) is 11.8 Å². The molecule has 0 aromatic carbocycles. The summed E-state index contributed by atoms with van der Waals surface area (Å²) in [5.41, 5.74) is 2.49. The molecule has 10 heteroatoms. The highest BCUT2D eigenvalue weighted by molar-refractivity contribution is 9.10. The van der Waals surface area contributed by atoms with Crippen LogP contribution in [0, 0.1) is 0 Å². The Bertz CT molecular complexity index is 800. The number of hydrogen-bond donors (Lipinski definition) is 1. The maximum absolute atomic E-state index is 11.7. The lowest BCUT2D eigenvalue weighted by Gasteiger charge is -2.00. The first-order chi connectivity index (χ1) is 9.86. The fraction of sp³-hybridized carbons (Fsp3) is 0. The zero-order valence-electron chi connectivity index (χ0n) is 10.2. The maximum atomic E-state index is 11.7. The lowest BCUT2D eigenvalue weighted by atomic mass is 10.3. The Labute approximate surface area is 127 Å². The molecule has 0 radical (unpaired) electrons. The Morgan fingerprint density at radius 2 is 2.19 bits per heavy atom. The highest BCUT2D eigenvalue weighted by atomic mass is 79.9. The molecule has 0 spiro atoms. The summed E-state index contributed by atoms with van der Waals surface area (Å²) in [5, 5.41) is 2.87. The van der Waals surface area contributed by atoms with Crippen molar-refractivity contribution in [2.45, 2.75) is 5.09 Å². The van der Waals surface area contributed by atoms with E-state index in [1.54, 1.807) is 6.07 Å². The molecule has 110 valence electrons. The first-order valence-electron chi connectivity index (χ1n) is 5.36. The number of carbonyl (C=O) groups excluding carboxylic acids is 1. The molecule has 1 N–H and O–H groups in total. The van der Waals surface area contributed by atoms with Crippen LogP contribution in [0.2, 0.25) is 0 Å². The minimum Gasteiger partial charge on any atom is -0.742 e. The Kier molecular flexibility index (Phi) is 4.50. The third-order valence-corrected chi connectivity index (χ3v) is 3.32. The van der Waals surface area contributed by atoms with Gasteiger partial charge in [-0.15, -0.1) is 0 Å². The molecule has 2 rings (SSSR count). The summed E-state index contributed by atoms with van der Waals surface area (Å²) in [6.07, 6.45) is 3.94. The van der Waals surface area contributed by atoms with E-state index in [1.807, 2.05) is 0 Å². The number of carbonyl (C=O) groups is 1. The number of hydrogen-bond acceptors (Lipinski definition) is 7. The average Bonchev–Trinajstić information content (AvgIpc) is 2.87. The topological polar surface area (TPSA) is 125 Å². The van der Waals surface area contributed by atoms with Crippen LogP contribution in [0.3, 0.4) is 0 Å². The second kappa shape index (κ2) is 6.16. The molecule has 0 atom stereocenters. The van der Waals surface area contributed by atoms with Crippen LogP contribution in [0.15, 0.2) is 49.7 Å². The van der Waals surface area contributed by atoms with Crippen LogP contribution in [-0.4, -0.2) is 30.1 Å². The average molecular weight is 373 g/mol. The summed E-state index contributed by atoms with van der Waals surface area (Å²) in [7, 11) is -4.65. The number of hydrazone groups is 1. The molecule has 0 aliphatic carbocycles. The molecule has 2 heterocycles. The quantitative estimate of drug-likeness (QED) is 0.486. The fourth-order valence-electron chi connectivity index (χ4n) is 1.29. The van der Waals surface area contributed by atoms with E-state index < -0.39 is 21.1 Å². The van der Waals surface area contributed by atoms with Crippen LogP contribution in [0.25, 0.3) is 0 Å². The van der Waals surface area contributed by atoms with Gasteiger partial charge in [0.1, 0.15) is 5.76 Å². The number of pyridine rings is 1. The first-order valence-corrected chi connectivity index (χ1v) is 7.56. The van der Waals surface area contributed by atoms with Crippen molar-refractivity contribution in [1.82, 2.24) is 10.4 Å². The van der Waals surface area contributed by atoms with Crippen molar-refractivity contribution < 1.29 is 22.2 Å². The number of halogens is 1. The highest BCUT2D eigenvalue weighted by Gasteiger charge is 2.07. The molecule has 0 aliphatic heterocycles. The third-order valence-electron chi connectivity index (χ3n) is 2.17. The van der Waals surface area contributed by atoms with E-state index >= 15 is 0 Å². The van der Waals surface area contributed by atoms with Crippen LogP contribution in [0.1, 0.15) is 16.1 Å². The largest absolute Gasteiger partial charge is 0.742 e. The van der Waals surface area contributed by atoms with Crippen molar-refractivity contribution in [3.63, 3.8) is 0 Å². The molecule has 2 aromatic heterocycles. The Hall–Kier alpha value is -2.04. The summed E-state index contributed by atoms with van der Waals surface area (Å²) in [4.78, 5) is 15.5. The van der Waals surface area contributed by atoms with Gasteiger partial charge in [0.15, 0.2) is 10.1 Å². The van der Waals surface area contributed by atoms with Crippen molar-refractivity contribution in [1.29, 1.82) is 0 Å². The van der Waals surface area contributed by atoms with Crippen molar-refractivity contribution in [3.8, 4) is 0 Å². The molecule has 21 heavy (non-hydrogen) atoms. The molecule has 0 aliphatic rings. The summed E-state index contributed by atoms with van der Waals surface area (Å²) in [6, 6.07) is 3.79. The summed E-state index contributed by atoms with van der Waals surface area (Å²) in [5.74, 6) is -0.500. The zero-order chi connectivity index (χ0) is 15.5. The second-order valence-corrected chi connectivity index (χ2v) is 5.93. The van der Waals surface area contributed by atoms with Crippen molar-refractivity contribution in [2.75, 3.05) is 0 Å². The van der Waals surface area contributed by atoms with E-state index in [2.05, 4.69) is 31.4 Å². The van der Waals surface area contributed by atoms with Crippen LogP contribution in [-0.2, 0) is 10.1 Å². The van der Waals surface area contributed by atoms with Crippen molar-refractivity contribution in [3.05, 3.63) is 46.4 Å². The molecular weight excluding hydrogens is 366 g/mol. The van der Waals surface area contributed by atoms with Gasteiger partial charge in [-0.25, -0.2) is 13.8 Å². The van der Waals surface area contributed by atoms with E-state index in [9.17, 15) is 17.8 Å². The second-order valence-electron chi connectivity index (χ2n) is 3.70. The SMILES string of the molecule is O=C(N/N=C\c1ccc(S(=O)(=O)[O-])o1)c1cncc(Br)c1. The predicted octanol–water partition coefficient (Wildman–Crippen LogP) is 1.11. The molecule has 0 fully saturated rings. The molecule has 0 bridgehead atoms. The highest BCUT2D eigenvalue weighted by Crippen LogP contribution is 2.12.